The third-order valence-electron chi connectivity index (χ3n) is 1.71. The molecule has 1 heterocycles. The van der Waals surface area contributed by atoms with E-state index in [1.807, 2.05) is 0 Å². The number of esters is 1. The van der Waals surface area contributed by atoms with Crippen molar-refractivity contribution >= 4 is 11.9 Å². The summed E-state index contributed by atoms with van der Waals surface area (Å²) in [6, 6.07) is 0. The van der Waals surface area contributed by atoms with E-state index in [-0.39, 0.29) is 17.4 Å². The lowest BCUT2D eigenvalue weighted by molar-refractivity contribution is 0.0358. The normalized spacial score (nSPS) is 10.4. The molecule has 15 heavy (non-hydrogen) atoms. The second-order valence-corrected chi connectivity index (χ2v) is 3.29. The second-order valence-electron chi connectivity index (χ2n) is 3.29. The molecule has 1 N–H and O–H groups in total. The number of aromatic carboxylic acids is 1. The Labute approximate surface area is 86.5 Å². The van der Waals surface area contributed by atoms with Crippen LogP contribution in [0, 0.1) is 0 Å². The maximum atomic E-state index is 11.5. The van der Waals surface area contributed by atoms with Gasteiger partial charge < -0.3 is 9.84 Å². The third kappa shape index (κ3) is 2.34. The molecule has 0 bridgehead atoms. The molecule has 0 radical (unpaired) electrons. The summed E-state index contributed by atoms with van der Waals surface area (Å²) in [5, 5.41) is 12.5. The average molecular weight is 212 g/mol. The maximum Gasteiger partial charge on any atom is 0.357 e. The molecule has 6 nitrogen and oxygen atoms in total. The van der Waals surface area contributed by atoms with Crippen molar-refractivity contribution in [3.05, 3.63) is 17.5 Å². The van der Waals surface area contributed by atoms with Gasteiger partial charge in [-0.25, -0.2) is 9.59 Å². The Kier molecular flexibility index (Phi) is 3.08. The summed E-state index contributed by atoms with van der Waals surface area (Å²) < 4.78 is 6.09. The zero-order valence-electron chi connectivity index (χ0n) is 8.72. The zero-order chi connectivity index (χ0) is 11.6. The summed E-state index contributed by atoms with van der Waals surface area (Å²) in [6.07, 6.45) is 0.827. The Hall–Kier alpha value is -1.85. The van der Waals surface area contributed by atoms with Crippen LogP contribution < -0.4 is 0 Å². The Balaban J connectivity index is 3.06. The van der Waals surface area contributed by atoms with Gasteiger partial charge in [-0.05, 0) is 13.8 Å². The number of ether oxygens (including phenoxy) is 1. The Morgan fingerprint density at radius 1 is 1.53 bits per heavy atom. The molecule has 0 amide bonds. The Morgan fingerprint density at radius 3 is 2.60 bits per heavy atom. The molecular formula is C9H12N2O4. The van der Waals surface area contributed by atoms with Crippen molar-refractivity contribution in [2.45, 2.75) is 20.0 Å². The van der Waals surface area contributed by atoms with E-state index in [4.69, 9.17) is 9.84 Å². The first kappa shape index (κ1) is 11.2. The van der Waals surface area contributed by atoms with Gasteiger partial charge >= 0.3 is 11.9 Å². The van der Waals surface area contributed by atoms with Gasteiger partial charge in [0.05, 0.1) is 12.3 Å². The summed E-state index contributed by atoms with van der Waals surface area (Å²) in [5.74, 6) is -1.87. The molecular weight excluding hydrogens is 200 g/mol. The van der Waals surface area contributed by atoms with Crippen LogP contribution in [0.3, 0.4) is 0 Å². The quantitative estimate of drug-likeness (QED) is 0.745. The number of aromatic nitrogens is 2. The summed E-state index contributed by atoms with van der Waals surface area (Å²) >= 11 is 0. The van der Waals surface area contributed by atoms with Crippen LogP contribution >= 0.6 is 0 Å². The van der Waals surface area contributed by atoms with Crippen LogP contribution in [0.1, 0.15) is 34.7 Å². The van der Waals surface area contributed by atoms with Crippen molar-refractivity contribution in [3.63, 3.8) is 0 Å². The molecule has 0 unspecified atom stereocenters. The molecule has 6 heteroatoms. The molecule has 1 aromatic rings. The van der Waals surface area contributed by atoms with E-state index in [0.717, 1.165) is 6.20 Å². The van der Waals surface area contributed by atoms with Gasteiger partial charge in [0.2, 0.25) is 0 Å². The Morgan fingerprint density at radius 2 is 2.13 bits per heavy atom. The first-order valence-electron chi connectivity index (χ1n) is 4.39. The highest BCUT2D eigenvalue weighted by Crippen LogP contribution is 2.10. The molecule has 0 aliphatic rings. The van der Waals surface area contributed by atoms with Crippen molar-refractivity contribution in [2.75, 3.05) is 0 Å². The first-order chi connectivity index (χ1) is 6.93. The van der Waals surface area contributed by atoms with E-state index in [2.05, 4.69) is 5.10 Å². The maximum absolute atomic E-state index is 11.5. The van der Waals surface area contributed by atoms with Crippen molar-refractivity contribution in [1.29, 1.82) is 0 Å². The van der Waals surface area contributed by atoms with E-state index in [0.29, 0.717) is 0 Å². The van der Waals surface area contributed by atoms with Crippen LogP contribution in [0.2, 0.25) is 0 Å². The van der Waals surface area contributed by atoms with Crippen LogP contribution in [0.25, 0.3) is 0 Å². The van der Waals surface area contributed by atoms with Gasteiger partial charge in [-0.3, -0.25) is 4.68 Å². The number of carbonyl (C=O) groups excluding carboxylic acids is 1. The topological polar surface area (TPSA) is 81.4 Å². The van der Waals surface area contributed by atoms with Crippen molar-refractivity contribution in [1.82, 2.24) is 9.78 Å². The number of hydrogen-bond donors (Lipinski definition) is 1. The molecule has 0 aliphatic carbocycles. The number of carbonyl (C=O) groups is 2. The summed E-state index contributed by atoms with van der Waals surface area (Å²) in [4.78, 5) is 22.3. The number of carboxylic acid groups (broad SMARTS) is 1. The molecule has 0 atom stereocenters. The number of hydrogen-bond acceptors (Lipinski definition) is 4. The van der Waals surface area contributed by atoms with Crippen molar-refractivity contribution < 1.29 is 19.4 Å². The summed E-state index contributed by atoms with van der Waals surface area (Å²) in [6.45, 7) is 3.38. The first-order valence-corrected chi connectivity index (χ1v) is 4.39. The van der Waals surface area contributed by atoms with Crippen molar-refractivity contribution in [2.24, 2.45) is 7.05 Å². The molecule has 0 saturated carbocycles. The lowest BCUT2D eigenvalue weighted by Crippen LogP contribution is -2.18. The fraction of sp³-hybridized carbons (Fsp3) is 0.444. The van der Waals surface area contributed by atoms with E-state index in [1.165, 1.54) is 11.7 Å². The lowest BCUT2D eigenvalue weighted by Gasteiger charge is -2.08. The van der Waals surface area contributed by atoms with Crippen LogP contribution in [-0.4, -0.2) is 32.9 Å². The third-order valence-corrected chi connectivity index (χ3v) is 1.71. The average Bonchev–Trinajstić information content (AvgIpc) is 2.45. The smallest absolute Gasteiger partial charge is 0.357 e. The zero-order valence-corrected chi connectivity index (χ0v) is 8.72. The monoisotopic (exact) mass is 212 g/mol. The van der Waals surface area contributed by atoms with Gasteiger partial charge in [0.25, 0.3) is 0 Å². The lowest BCUT2D eigenvalue weighted by atomic mass is 10.2. The van der Waals surface area contributed by atoms with Gasteiger partial charge in [0, 0.05) is 7.05 Å². The molecule has 0 fully saturated rings. The van der Waals surface area contributed by atoms with Crippen LogP contribution in [-0.2, 0) is 11.8 Å². The number of nitrogens with zero attached hydrogens (tertiary/aromatic N) is 2. The fourth-order valence-electron chi connectivity index (χ4n) is 1.11. The predicted octanol–water partition coefficient (Wildman–Crippen LogP) is 0.683. The largest absolute Gasteiger partial charge is 0.478 e. The minimum atomic E-state index is -1.20. The van der Waals surface area contributed by atoms with Crippen LogP contribution in [0.15, 0.2) is 6.20 Å². The molecule has 1 aromatic heterocycles. The van der Waals surface area contributed by atoms with Gasteiger partial charge in [-0.2, -0.15) is 5.10 Å². The fourth-order valence-corrected chi connectivity index (χ4v) is 1.11. The van der Waals surface area contributed by atoms with Crippen molar-refractivity contribution in [3.8, 4) is 0 Å². The predicted molar refractivity (Wildman–Crippen MR) is 50.7 cm³/mol. The summed E-state index contributed by atoms with van der Waals surface area (Å²) in [7, 11) is 1.49. The van der Waals surface area contributed by atoms with Crippen LogP contribution in [0.4, 0.5) is 0 Å². The molecule has 0 aromatic carbocycles. The van der Waals surface area contributed by atoms with Crippen LogP contribution in [0.5, 0.6) is 0 Å². The molecule has 0 spiro atoms. The van der Waals surface area contributed by atoms with Gasteiger partial charge in [0.15, 0.2) is 5.69 Å². The van der Waals surface area contributed by atoms with E-state index < -0.39 is 11.9 Å². The van der Waals surface area contributed by atoms with E-state index in [1.54, 1.807) is 13.8 Å². The highest BCUT2D eigenvalue weighted by molar-refractivity contribution is 6.01. The molecule has 82 valence electrons. The van der Waals surface area contributed by atoms with Gasteiger partial charge in [-0.15, -0.1) is 0 Å². The standard InChI is InChI=1S/C9H12N2O4/c1-5(2)15-9(14)7-6(8(12)13)4-10-11(7)3/h4-5H,1-3H3,(H,12,13). The molecule has 0 aliphatic heterocycles. The molecule has 1 rings (SSSR count). The SMILES string of the molecule is CC(C)OC(=O)c1c(C(=O)O)cnn1C. The number of aryl methyl sites for hydroxylation is 1. The highest BCUT2D eigenvalue weighted by Gasteiger charge is 2.23. The second kappa shape index (κ2) is 4.12. The van der Waals surface area contributed by atoms with Gasteiger partial charge in [-0.1, -0.05) is 0 Å². The van der Waals surface area contributed by atoms with E-state index in [9.17, 15) is 9.59 Å². The Bertz CT molecular complexity index is 395. The van der Waals surface area contributed by atoms with E-state index >= 15 is 0 Å². The number of rotatable bonds is 3. The highest BCUT2D eigenvalue weighted by atomic mass is 16.5. The molecule has 0 saturated heterocycles. The minimum absolute atomic E-state index is 0.0452. The summed E-state index contributed by atoms with van der Waals surface area (Å²) in [5.41, 5.74) is -0.195. The minimum Gasteiger partial charge on any atom is -0.478 e. The van der Waals surface area contributed by atoms with Gasteiger partial charge in [0.1, 0.15) is 5.56 Å². The number of carboxylic acids is 1.